The van der Waals surface area contributed by atoms with Crippen LogP contribution in [0.3, 0.4) is 0 Å². The molecule has 0 saturated heterocycles. The van der Waals surface area contributed by atoms with Crippen molar-refractivity contribution in [1.82, 2.24) is 10.3 Å². The molecular weight excluding hydrogens is 350 g/mol. The zero-order valence-corrected chi connectivity index (χ0v) is 14.5. The first-order valence-electron chi connectivity index (χ1n) is 8.26. The van der Waals surface area contributed by atoms with Gasteiger partial charge in [0.15, 0.2) is 0 Å². The largest absolute Gasteiger partial charge is 0.367 e. The summed E-state index contributed by atoms with van der Waals surface area (Å²) < 4.78 is 26.5. The molecule has 0 aliphatic carbocycles. The van der Waals surface area contributed by atoms with Gasteiger partial charge in [-0.2, -0.15) is 5.26 Å². The lowest BCUT2D eigenvalue weighted by molar-refractivity contribution is 0.0951. The number of anilines is 1. The maximum Gasteiger partial charge on any atom is 0.254 e. The molecule has 1 aromatic heterocycles. The third-order valence-corrected chi connectivity index (χ3v) is 3.97. The van der Waals surface area contributed by atoms with Crippen LogP contribution < -0.4 is 10.6 Å². The van der Waals surface area contributed by atoms with Gasteiger partial charge in [-0.25, -0.2) is 13.8 Å². The van der Waals surface area contributed by atoms with Crippen LogP contribution in [-0.2, 0) is 0 Å². The molecule has 0 radical (unpaired) electrons. The fourth-order valence-electron chi connectivity index (χ4n) is 2.62. The van der Waals surface area contributed by atoms with Gasteiger partial charge < -0.3 is 10.6 Å². The maximum atomic E-state index is 13.6. The van der Waals surface area contributed by atoms with Crippen LogP contribution in [0.25, 0.3) is 10.9 Å². The van der Waals surface area contributed by atoms with Crippen molar-refractivity contribution in [3.05, 3.63) is 70.8 Å². The number of fused-ring (bicyclic) bond motifs is 1. The van der Waals surface area contributed by atoms with Gasteiger partial charge in [0.25, 0.3) is 5.91 Å². The van der Waals surface area contributed by atoms with Gasteiger partial charge in [-0.3, -0.25) is 4.79 Å². The molecule has 2 N–H and O–H groups in total. The second-order valence-corrected chi connectivity index (χ2v) is 6.00. The van der Waals surface area contributed by atoms with E-state index in [4.69, 9.17) is 0 Å². The number of rotatable bonds is 5. The Labute approximate surface area is 154 Å². The standard InChI is InChI=1S/C20H16F2N4O/c1-12-2-3-13-9-14(11-23)19(26-18(13)8-12)24-6-7-25-20(27)16-5-4-15(21)10-17(16)22/h2-5,8-10H,6-7H2,1H3,(H,24,26)(H,25,27). The van der Waals surface area contributed by atoms with Crippen LogP contribution >= 0.6 is 0 Å². The first-order valence-corrected chi connectivity index (χ1v) is 8.26. The molecule has 0 spiro atoms. The summed E-state index contributed by atoms with van der Waals surface area (Å²) >= 11 is 0. The predicted molar refractivity (Wildman–Crippen MR) is 98.4 cm³/mol. The molecule has 3 aromatic rings. The van der Waals surface area contributed by atoms with E-state index in [-0.39, 0.29) is 18.7 Å². The lowest BCUT2D eigenvalue weighted by atomic mass is 10.1. The highest BCUT2D eigenvalue weighted by Crippen LogP contribution is 2.20. The summed E-state index contributed by atoms with van der Waals surface area (Å²) in [5, 5.41) is 15.7. The molecule has 0 unspecified atom stereocenters. The first-order chi connectivity index (χ1) is 13.0. The van der Waals surface area contributed by atoms with Gasteiger partial charge >= 0.3 is 0 Å². The van der Waals surface area contributed by atoms with Crippen molar-refractivity contribution in [2.45, 2.75) is 6.92 Å². The summed E-state index contributed by atoms with van der Waals surface area (Å²) in [7, 11) is 0. The van der Waals surface area contributed by atoms with Crippen molar-refractivity contribution in [3.8, 4) is 6.07 Å². The molecule has 2 aromatic carbocycles. The molecule has 0 fully saturated rings. The summed E-state index contributed by atoms with van der Waals surface area (Å²) in [4.78, 5) is 16.4. The van der Waals surface area contributed by atoms with Crippen molar-refractivity contribution in [3.63, 3.8) is 0 Å². The highest BCUT2D eigenvalue weighted by molar-refractivity contribution is 5.94. The summed E-state index contributed by atoms with van der Waals surface area (Å²) in [5.41, 5.74) is 1.98. The number of carbonyl (C=O) groups is 1. The normalized spacial score (nSPS) is 10.4. The number of aryl methyl sites for hydroxylation is 1. The second-order valence-electron chi connectivity index (χ2n) is 6.00. The average molecular weight is 366 g/mol. The number of hydrogen-bond acceptors (Lipinski definition) is 4. The number of hydrogen-bond donors (Lipinski definition) is 2. The lowest BCUT2D eigenvalue weighted by Crippen LogP contribution is -2.29. The number of pyridine rings is 1. The molecule has 136 valence electrons. The first kappa shape index (κ1) is 18.3. The minimum Gasteiger partial charge on any atom is -0.367 e. The minimum atomic E-state index is -0.918. The van der Waals surface area contributed by atoms with Crippen LogP contribution in [0.15, 0.2) is 42.5 Å². The molecule has 1 amide bonds. The van der Waals surface area contributed by atoms with Gasteiger partial charge in [0.2, 0.25) is 0 Å². The number of halogens is 2. The molecule has 0 bridgehead atoms. The Morgan fingerprint density at radius 3 is 2.70 bits per heavy atom. The van der Waals surface area contributed by atoms with Crippen LogP contribution in [0.4, 0.5) is 14.6 Å². The Bertz CT molecular complexity index is 1060. The van der Waals surface area contributed by atoms with Crippen molar-refractivity contribution < 1.29 is 13.6 Å². The minimum absolute atomic E-state index is 0.175. The number of amides is 1. The van der Waals surface area contributed by atoms with Gasteiger partial charge in [0.1, 0.15) is 23.5 Å². The van der Waals surface area contributed by atoms with E-state index >= 15 is 0 Å². The summed E-state index contributed by atoms with van der Waals surface area (Å²) in [6, 6.07) is 12.4. The van der Waals surface area contributed by atoms with Crippen molar-refractivity contribution in [2.75, 3.05) is 18.4 Å². The summed E-state index contributed by atoms with van der Waals surface area (Å²) in [5.74, 6) is -1.89. The fraction of sp³-hybridized carbons (Fsp3) is 0.150. The molecule has 0 aliphatic heterocycles. The van der Waals surface area contributed by atoms with Crippen molar-refractivity contribution in [1.29, 1.82) is 5.26 Å². The zero-order chi connectivity index (χ0) is 19.4. The van der Waals surface area contributed by atoms with E-state index in [0.717, 1.165) is 28.6 Å². The molecule has 5 nitrogen and oxygen atoms in total. The van der Waals surface area contributed by atoms with Crippen LogP contribution in [0.1, 0.15) is 21.5 Å². The maximum absolute atomic E-state index is 13.6. The smallest absolute Gasteiger partial charge is 0.254 e. The Hall–Kier alpha value is -3.53. The lowest BCUT2D eigenvalue weighted by Gasteiger charge is -2.10. The molecule has 3 rings (SSSR count). The van der Waals surface area contributed by atoms with Gasteiger partial charge in [0, 0.05) is 24.5 Å². The molecule has 0 atom stereocenters. The van der Waals surface area contributed by atoms with E-state index in [1.54, 1.807) is 6.07 Å². The number of benzene rings is 2. The van der Waals surface area contributed by atoms with Crippen LogP contribution in [0, 0.1) is 29.9 Å². The van der Waals surface area contributed by atoms with Crippen molar-refractivity contribution >= 4 is 22.6 Å². The van der Waals surface area contributed by atoms with Gasteiger partial charge in [0.05, 0.1) is 16.6 Å². The predicted octanol–water partition coefficient (Wildman–Crippen LogP) is 3.54. The van der Waals surface area contributed by atoms with Crippen LogP contribution in [0.5, 0.6) is 0 Å². The number of nitrogens with zero attached hydrogens (tertiary/aromatic N) is 2. The van der Waals surface area contributed by atoms with Crippen LogP contribution in [0.2, 0.25) is 0 Å². The Balaban J connectivity index is 1.65. The molecule has 27 heavy (non-hydrogen) atoms. The zero-order valence-electron chi connectivity index (χ0n) is 14.5. The monoisotopic (exact) mass is 366 g/mol. The summed E-state index contributed by atoms with van der Waals surface area (Å²) in [6.45, 7) is 2.41. The Kier molecular flexibility index (Phi) is 5.27. The quantitative estimate of drug-likeness (QED) is 0.677. The molecule has 0 saturated carbocycles. The van der Waals surface area contributed by atoms with E-state index in [2.05, 4.69) is 21.7 Å². The Morgan fingerprint density at radius 1 is 1.15 bits per heavy atom. The van der Waals surface area contributed by atoms with Gasteiger partial charge in [-0.1, -0.05) is 12.1 Å². The van der Waals surface area contributed by atoms with E-state index < -0.39 is 17.5 Å². The summed E-state index contributed by atoms with van der Waals surface area (Å²) in [6.07, 6.45) is 0. The topological polar surface area (TPSA) is 77.8 Å². The van der Waals surface area contributed by atoms with E-state index in [1.165, 1.54) is 0 Å². The third-order valence-electron chi connectivity index (χ3n) is 3.97. The van der Waals surface area contributed by atoms with Gasteiger partial charge in [-0.15, -0.1) is 0 Å². The number of carbonyl (C=O) groups excluding carboxylic acids is 1. The molecule has 1 heterocycles. The van der Waals surface area contributed by atoms with E-state index in [0.29, 0.717) is 17.4 Å². The van der Waals surface area contributed by atoms with Crippen molar-refractivity contribution in [2.24, 2.45) is 0 Å². The average Bonchev–Trinajstić information content (AvgIpc) is 2.64. The second kappa shape index (κ2) is 7.79. The molecule has 7 heteroatoms. The van der Waals surface area contributed by atoms with Crippen LogP contribution in [-0.4, -0.2) is 24.0 Å². The van der Waals surface area contributed by atoms with Gasteiger partial charge in [-0.05, 0) is 36.8 Å². The highest BCUT2D eigenvalue weighted by Gasteiger charge is 2.12. The highest BCUT2D eigenvalue weighted by atomic mass is 19.1. The number of aromatic nitrogens is 1. The van der Waals surface area contributed by atoms with E-state index in [9.17, 15) is 18.8 Å². The molecular formula is C20H16F2N4O. The molecule has 0 aliphatic rings. The number of nitrogens with one attached hydrogen (secondary N) is 2. The Morgan fingerprint density at radius 2 is 1.96 bits per heavy atom. The third kappa shape index (κ3) is 4.18. The van der Waals surface area contributed by atoms with E-state index in [1.807, 2.05) is 25.1 Å². The number of nitriles is 1. The SMILES string of the molecule is Cc1ccc2cc(C#N)c(NCCNC(=O)c3ccc(F)cc3F)nc2c1. The fourth-order valence-corrected chi connectivity index (χ4v) is 2.62.